The first-order valence-electron chi connectivity index (χ1n) is 7.36. The van der Waals surface area contributed by atoms with E-state index in [4.69, 9.17) is 0 Å². The minimum absolute atomic E-state index is 0.560. The van der Waals surface area contributed by atoms with Crippen LogP contribution in [0.4, 0.5) is 0 Å². The van der Waals surface area contributed by atoms with Gasteiger partial charge in [0.15, 0.2) is 0 Å². The van der Waals surface area contributed by atoms with Crippen molar-refractivity contribution in [1.29, 1.82) is 0 Å². The molecule has 106 valence electrons. The normalized spacial score (nSPS) is 26.0. The zero-order valence-electron chi connectivity index (χ0n) is 12.9. The van der Waals surface area contributed by atoms with Gasteiger partial charge < -0.3 is 0 Å². The van der Waals surface area contributed by atoms with Crippen LogP contribution in [0.25, 0.3) is 0 Å². The zero-order chi connectivity index (χ0) is 14.0. The third-order valence-corrected chi connectivity index (χ3v) is 4.34. The molecule has 1 fully saturated rings. The molecule has 0 radical (unpaired) electrons. The molecule has 1 aromatic rings. The van der Waals surface area contributed by atoms with E-state index in [9.17, 15) is 0 Å². The Morgan fingerprint density at radius 3 is 2.32 bits per heavy atom. The second kappa shape index (κ2) is 6.02. The highest BCUT2D eigenvalue weighted by molar-refractivity contribution is 5.17. The summed E-state index contributed by atoms with van der Waals surface area (Å²) in [6.07, 6.45) is 2.03. The molecule has 0 amide bonds. The van der Waals surface area contributed by atoms with Gasteiger partial charge in [-0.25, -0.2) is 0 Å². The SMILES string of the molecule is CC(C)c1ccc(CN2CC(C)N(C)C(C)C2)nc1. The van der Waals surface area contributed by atoms with Crippen molar-refractivity contribution < 1.29 is 0 Å². The van der Waals surface area contributed by atoms with Crippen molar-refractivity contribution >= 4 is 0 Å². The van der Waals surface area contributed by atoms with Crippen LogP contribution in [0.15, 0.2) is 18.3 Å². The van der Waals surface area contributed by atoms with Crippen molar-refractivity contribution in [1.82, 2.24) is 14.8 Å². The number of hydrogen-bond donors (Lipinski definition) is 0. The summed E-state index contributed by atoms with van der Waals surface area (Å²) in [7, 11) is 2.22. The second-order valence-corrected chi connectivity index (χ2v) is 6.30. The highest BCUT2D eigenvalue weighted by Crippen LogP contribution is 2.17. The molecule has 0 bridgehead atoms. The number of nitrogens with zero attached hydrogens (tertiary/aromatic N) is 3. The van der Waals surface area contributed by atoms with Crippen LogP contribution < -0.4 is 0 Å². The van der Waals surface area contributed by atoms with Gasteiger partial charge in [0, 0.05) is 37.9 Å². The van der Waals surface area contributed by atoms with E-state index in [0.717, 1.165) is 19.6 Å². The molecule has 1 aromatic heterocycles. The Bertz CT molecular complexity index is 387. The third kappa shape index (κ3) is 3.54. The van der Waals surface area contributed by atoms with Gasteiger partial charge in [0.2, 0.25) is 0 Å². The smallest absolute Gasteiger partial charge is 0.0544 e. The van der Waals surface area contributed by atoms with Crippen LogP contribution in [-0.4, -0.2) is 47.0 Å². The highest BCUT2D eigenvalue weighted by Gasteiger charge is 2.26. The molecule has 2 rings (SSSR count). The molecule has 3 heteroatoms. The summed E-state index contributed by atoms with van der Waals surface area (Å²) < 4.78 is 0. The summed E-state index contributed by atoms with van der Waals surface area (Å²) in [5.74, 6) is 0.560. The van der Waals surface area contributed by atoms with E-state index in [1.165, 1.54) is 11.3 Å². The molecule has 1 aliphatic heterocycles. The summed E-state index contributed by atoms with van der Waals surface area (Å²) in [5.41, 5.74) is 2.51. The number of pyridine rings is 1. The van der Waals surface area contributed by atoms with Crippen LogP contribution in [-0.2, 0) is 6.54 Å². The topological polar surface area (TPSA) is 19.4 Å². The lowest BCUT2D eigenvalue weighted by Crippen LogP contribution is -2.54. The predicted molar refractivity (Wildman–Crippen MR) is 80.3 cm³/mol. The van der Waals surface area contributed by atoms with Gasteiger partial charge >= 0.3 is 0 Å². The fourth-order valence-electron chi connectivity index (χ4n) is 2.74. The maximum Gasteiger partial charge on any atom is 0.0544 e. The van der Waals surface area contributed by atoms with Crippen molar-refractivity contribution in [2.75, 3.05) is 20.1 Å². The van der Waals surface area contributed by atoms with Gasteiger partial charge in [0.1, 0.15) is 0 Å². The average Bonchev–Trinajstić information content (AvgIpc) is 2.36. The average molecular weight is 261 g/mol. The number of piperazine rings is 1. The fourth-order valence-corrected chi connectivity index (χ4v) is 2.74. The van der Waals surface area contributed by atoms with Crippen molar-refractivity contribution in [2.45, 2.75) is 52.2 Å². The van der Waals surface area contributed by atoms with E-state index in [2.05, 4.69) is 61.7 Å². The maximum atomic E-state index is 4.61. The van der Waals surface area contributed by atoms with Crippen molar-refractivity contribution in [3.63, 3.8) is 0 Å². The van der Waals surface area contributed by atoms with E-state index in [0.29, 0.717) is 18.0 Å². The Kier molecular flexibility index (Phi) is 4.58. The molecule has 2 heterocycles. The van der Waals surface area contributed by atoms with Gasteiger partial charge in [-0.1, -0.05) is 19.9 Å². The minimum atomic E-state index is 0.560. The van der Waals surface area contributed by atoms with Crippen molar-refractivity contribution in [3.05, 3.63) is 29.6 Å². The standard InChI is InChI=1S/C16H27N3/c1-12(2)15-6-7-16(17-8-15)11-19-9-13(3)18(5)14(4)10-19/h6-8,12-14H,9-11H2,1-5H3. The molecular formula is C16H27N3. The van der Waals surface area contributed by atoms with Gasteiger partial charge in [-0.2, -0.15) is 0 Å². The lowest BCUT2D eigenvalue weighted by atomic mass is 10.1. The molecule has 1 aliphatic rings. The van der Waals surface area contributed by atoms with Crippen LogP contribution in [0.3, 0.4) is 0 Å². The van der Waals surface area contributed by atoms with Crippen LogP contribution in [0.2, 0.25) is 0 Å². The minimum Gasteiger partial charge on any atom is -0.298 e. The van der Waals surface area contributed by atoms with Gasteiger partial charge in [-0.3, -0.25) is 14.8 Å². The Morgan fingerprint density at radius 2 is 1.84 bits per heavy atom. The Balaban J connectivity index is 1.97. The van der Waals surface area contributed by atoms with Crippen molar-refractivity contribution in [2.24, 2.45) is 0 Å². The summed E-state index contributed by atoms with van der Waals surface area (Å²) in [4.78, 5) is 9.59. The summed E-state index contributed by atoms with van der Waals surface area (Å²) in [6, 6.07) is 5.65. The largest absolute Gasteiger partial charge is 0.298 e. The lowest BCUT2D eigenvalue weighted by Gasteiger charge is -2.42. The molecule has 0 spiro atoms. The lowest BCUT2D eigenvalue weighted by molar-refractivity contribution is 0.0549. The van der Waals surface area contributed by atoms with Gasteiger partial charge in [0.25, 0.3) is 0 Å². The predicted octanol–water partition coefficient (Wildman–Crippen LogP) is 2.73. The van der Waals surface area contributed by atoms with E-state index in [1.54, 1.807) is 0 Å². The Morgan fingerprint density at radius 1 is 1.21 bits per heavy atom. The van der Waals surface area contributed by atoms with Crippen LogP contribution in [0.5, 0.6) is 0 Å². The number of aromatic nitrogens is 1. The first kappa shape index (κ1) is 14.5. The number of likely N-dealkylation sites (N-methyl/N-ethyl adjacent to an activating group) is 1. The summed E-state index contributed by atoms with van der Waals surface area (Å²) >= 11 is 0. The number of rotatable bonds is 3. The Labute approximate surface area is 117 Å². The second-order valence-electron chi connectivity index (χ2n) is 6.30. The molecule has 0 saturated carbocycles. The first-order valence-corrected chi connectivity index (χ1v) is 7.36. The molecular weight excluding hydrogens is 234 g/mol. The van der Waals surface area contributed by atoms with Gasteiger partial charge in [0.05, 0.1) is 5.69 Å². The maximum absolute atomic E-state index is 4.61. The van der Waals surface area contributed by atoms with Gasteiger partial charge in [-0.15, -0.1) is 0 Å². The molecule has 0 aliphatic carbocycles. The van der Waals surface area contributed by atoms with Crippen LogP contribution in [0.1, 0.15) is 44.9 Å². The zero-order valence-corrected chi connectivity index (χ0v) is 12.9. The van der Waals surface area contributed by atoms with Gasteiger partial charge in [-0.05, 0) is 38.4 Å². The third-order valence-electron chi connectivity index (χ3n) is 4.34. The van der Waals surface area contributed by atoms with E-state index in [1.807, 2.05) is 6.20 Å². The van der Waals surface area contributed by atoms with Crippen LogP contribution in [0, 0.1) is 0 Å². The number of hydrogen-bond acceptors (Lipinski definition) is 3. The fraction of sp³-hybridized carbons (Fsp3) is 0.688. The van der Waals surface area contributed by atoms with E-state index in [-0.39, 0.29) is 0 Å². The molecule has 0 aromatic carbocycles. The van der Waals surface area contributed by atoms with Crippen LogP contribution >= 0.6 is 0 Å². The monoisotopic (exact) mass is 261 g/mol. The molecule has 2 unspecified atom stereocenters. The summed E-state index contributed by atoms with van der Waals surface area (Å²) in [6.45, 7) is 12.3. The van der Waals surface area contributed by atoms with Crippen molar-refractivity contribution in [3.8, 4) is 0 Å². The Hall–Kier alpha value is -0.930. The van der Waals surface area contributed by atoms with E-state index >= 15 is 0 Å². The molecule has 3 nitrogen and oxygen atoms in total. The quantitative estimate of drug-likeness (QED) is 0.834. The molecule has 1 saturated heterocycles. The molecule has 2 atom stereocenters. The highest BCUT2D eigenvalue weighted by atomic mass is 15.3. The summed E-state index contributed by atoms with van der Waals surface area (Å²) in [5, 5.41) is 0. The molecule has 19 heavy (non-hydrogen) atoms. The molecule has 0 N–H and O–H groups in total. The van der Waals surface area contributed by atoms with E-state index < -0.39 is 0 Å². The first-order chi connectivity index (χ1) is 8.97.